The topological polar surface area (TPSA) is 20.2 Å². The molecule has 1 atom stereocenters. The van der Waals surface area contributed by atoms with Gasteiger partial charge in [-0.25, -0.2) is 0 Å². The Kier molecular flexibility index (Phi) is 2.51. The highest BCUT2D eigenvalue weighted by atomic mass is 32.1. The van der Waals surface area contributed by atoms with Crippen LogP contribution in [0.3, 0.4) is 0 Å². The summed E-state index contributed by atoms with van der Waals surface area (Å²) in [6, 6.07) is 4.10. The van der Waals surface area contributed by atoms with Crippen molar-refractivity contribution in [1.29, 1.82) is 0 Å². The van der Waals surface area contributed by atoms with Crippen molar-refractivity contribution in [3.8, 4) is 0 Å². The molecule has 2 heteroatoms. The first-order valence-electron chi connectivity index (χ1n) is 4.70. The summed E-state index contributed by atoms with van der Waals surface area (Å²) in [6.07, 6.45) is 5.26. The summed E-state index contributed by atoms with van der Waals surface area (Å²) in [7, 11) is 0. The highest BCUT2D eigenvalue weighted by Crippen LogP contribution is 2.33. The van der Waals surface area contributed by atoms with Gasteiger partial charge in [-0.05, 0) is 43.9 Å². The van der Waals surface area contributed by atoms with Crippen LogP contribution in [0.4, 0.5) is 0 Å². The average Bonchev–Trinajstić information content (AvgIpc) is 2.72. The lowest BCUT2D eigenvalue weighted by Gasteiger charge is -2.08. The second-order valence-electron chi connectivity index (χ2n) is 3.52. The summed E-state index contributed by atoms with van der Waals surface area (Å²) in [5.74, 6) is 0. The van der Waals surface area contributed by atoms with E-state index >= 15 is 0 Å². The fourth-order valence-corrected chi connectivity index (χ4v) is 2.63. The van der Waals surface area contributed by atoms with E-state index in [4.69, 9.17) is 0 Å². The molecular formula is C11H14OS. The van der Waals surface area contributed by atoms with Gasteiger partial charge in [-0.3, -0.25) is 0 Å². The first-order valence-corrected chi connectivity index (χ1v) is 5.52. The summed E-state index contributed by atoms with van der Waals surface area (Å²) in [5.41, 5.74) is 1.21. The molecule has 0 amide bonds. The highest BCUT2D eigenvalue weighted by molar-refractivity contribution is 7.12. The van der Waals surface area contributed by atoms with E-state index in [1.54, 1.807) is 11.3 Å². The molecule has 0 aromatic carbocycles. The summed E-state index contributed by atoms with van der Waals surface area (Å²) in [5, 5.41) is 9.98. The molecule has 13 heavy (non-hydrogen) atoms. The summed E-state index contributed by atoms with van der Waals surface area (Å²) in [4.78, 5) is 2.36. The Morgan fingerprint density at radius 2 is 2.31 bits per heavy atom. The third-order valence-corrected chi connectivity index (χ3v) is 3.51. The van der Waals surface area contributed by atoms with Gasteiger partial charge in [0.25, 0.3) is 0 Å². The van der Waals surface area contributed by atoms with Crippen LogP contribution in [0.1, 0.15) is 35.1 Å². The van der Waals surface area contributed by atoms with Crippen LogP contribution in [0.25, 0.3) is 0 Å². The van der Waals surface area contributed by atoms with Crippen LogP contribution in [0.15, 0.2) is 23.8 Å². The molecule has 1 heterocycles. The first-order chi connectivity index (χ1) is 6.27. The number of aryl methyl sites for hydroxylation is 1. The number of hydrogen-bond acceptors (Lipinski definition) is 2. The van der Waals surface area contributed by atoms with Gasteiger partial charge >= 0.3 is 0 Å². The van der Waals surface area contributed by atoms with Gasteiger partial charge < -0.3 is 5.11 Å². The van der Waals surface area contributed by atoms with Gasteiger partial charge in [0.15, 0.2) is 0 Å². The molecule has 1 N–H and O–H groups in total. The average molecular weight is 194 g/mol. The Morgan fingerprint density at radius 1 is 1.46 bits per heavy atom. The quantitative estimate of drug-likeness (QED) is 0.717. The standard InChI is InChI=1S/C11H14OS/c1-8-6-7-10(13-8)11(12)9-4-2-3-5-9/h4,6-7,11-12H,2-3,5H2,1H3. The molecule has 0 aliphatic heterocycles. The molecule has 0 bridgehead atoms. The normalized spacial score (nSPS) is 18.8. The van der Waals surface area contributed by atoms with Gasteiger partial charge in [0.1, 0.15) is 6.10 Å². The third-order valence-electron chi connectivity index (χ3n) is 2.46. The lowest BCUT2D eigenvalue weighted by atomic mass is 10.1. The number of aliphatic hydroxyl groups is 1. The molecule has 1 aromatic rings. The largest absolute Gasteiger partial charge is 0.383 e. The van der Waals surface area contributed by atoms with E-state index in [-0.39, 0.29) is 6.10 Å². The molecule has 0 spiro atoms. The second kappa shape index (κ2) is 3.64. The van der Waals surface area contributed by atoms with Crippen LogP contribution < -0.4 is 0 Å². The fraction of sp³-hybridized carbons (Fsp3) is 0.455. The maximum atomic E-state index is 9.98. The molecule has 1 aromatic heterocycles. The molecule has 1 aliphatic carbocycles. The van der Waals surface area contributed by atoms with Gasteiger partial charge in [-0.2, -0.15) is 0 Å². The van der Waals surface area contributed by atoms with Crippen molar-refractivity contribution in [2.75, 3.05) is 0 Å². The number of aliphatic hydroxyl groups excluding tert-OH is 1. The van der Waals surface area contributed by atoms with E-state index in [0.717, 1.165) is 17.7 Å². The maximum Gasteiger partial charge on any atom is 0.109 e. The molecular weight excluding hydrogens is 180 g/mol. The molecule has 70 valence electrons. The monoisotopic (exact) mass is 194 g/mol. The van der Waals surface area contributed by atoms with Crippen LogP contribution in [-0.4, -0.2) is 5.11 Å². The van der Waals surface area contributed by atoms with E-state index in [9.17, 15) is 5.11 Å². The van der Waals surface area contributed by atoms with Crippen LogP contribution in [0.5, 0.6) is 0 Å². The molecule has 0 saturated heterocycles. The molecule has 1 aliphatic rings. The second-order valence-corrected chi connectivity index (χ2v) is 4.84. The highest BCUT2D eigenvalue weighted by Gasteiger charge is 2.17. The molecule has 2 rings (SSSR count). The zero-order chi connectivity index (χ0) is 9.26. The van der Waals surface area contributed by atoms with Gasteiger partial charge in [0.2, 0.25) is 0 Å². The zero-order valence-electron chi connectivity index (χ0n) is 7.79. The molecule has 0 radical (unpaired) electrons. The Hall–Kier alpha value is -0.600. The SMILES string of the molecule is Cc1ccc(C(O)C2=CCCC2)s1. The van der Waals surface area contributed by atoms with E-state index in [1.165, 1.54) is 16.9 Å². The van der Waals surface area contributed by atoms with E-state index in [2.05, 4.69) is 19.1 Å². The fourth-order valence-electron chi connectivity index (χ4n) is 1.73. The maximum absolute atomic E-state index is 9.98. The molecule has 0 saturated carbocycles. The van der Waals surface area contributed by atoms with Gasteiger partial charge in [0, 0.05) is 9.75 Å². The molecule has 1 nitrogen and oxygen atoms in total. The Morgan fingerprint density at radius 3 is 2.85 bits per heavy atom. The lowest BCUT2D eigenvalue weighted by Crippen LogP contribution is -1.96. The van der Waals surface area contributed by atoms with E-state index in [0.29, 0.717) is 0 Å². The van der Waals surface area contributed by atoms with Crippen molar-refractivity contribution in [3.63, 3.8) is 0 Å². The number of thiophene rings is 1. The van der Waals surface area contributed by atoms with Crippen molar-refractivity contribution in [2.45, 2.75) is 32.3 Å². The molecule has 1 unspecified atom stereocenters. The zero-order valence-corrected chi connectivity index (χ0v) is 8.60. The Bertz CT molecular complexity index is 325. The molecule has 0 fully saturated rings. The summed E-state index contributed by atoms with van der Waals surface area (Å²) < 4.78 is 0. The smallest absolute Gasteiger partial charge is 0.109 e. The predicted octanol–water partition coefficient (Wildman–Crippen LogP) is 3.20. The van der Waals surface area contributed by atoms with Crippen molar-refractivity contribution in [2.24, 2.45) is 0 Å². The summed E-state index contributed by atoms with van der Waals surface area (Å²) in [6.45, 7) is 2.07. The van der Waals surface area contributed by atoms with Crippen molar-refractivity contribution >= 4 is 11.3 Å². The van der Waals surface area contributed by atoms with Crippen LogP contribution >= 0.6 is 11.3 Å². The minimum Gasteiger partial charge on any atom is -0.383 e. The van der Waals surface area contributed by atoms with Crippen LogP contribution in [0.2, 0.25) is 0 Å². The third kappa shape index (κ3) is 1.84. The first kappa shape index (κ1) is 8.97. The van der Waals surface area contributed by atoms with Crippen molar-refractivity contribution in [1.82, 2.24) is 0 Å². The van der Waals surface area contributed by atoms with E-state index in [1.807, 2.05) is 6.07 Å². The number of rotatable bonds is 2. The Balaban J connectivity index is 2.16. The lowest BCUT2D eigenvalue weighted by molar-refractivity contribution is 0.216. The van der Waals surface area contributed by atoms with Crippen LogP contribution in [-0.2, 0) is 0 Å². The minimum atomic E-state index is -0.332. The van der Waals surface area contributed by atoms with Crippen molar-refractivity contribution in [3.05, 3.63) is 33.5 Å². The predicted molar refractivity (Wildman–Crippen MR) is 55.9 cm³/mol. The van der Waals surface area contributed by atoms with Gasteiger partial charge in [-0.15, -0.1) is 11.3 Å². The number of hydrogen-bond donors (Lipinski definition) is 1. The number of allylic oxidation sites excluding steroid dienone is 1. The van der Waals surface area contributed by atoms with E-state index < -0.39 is 0 Å². The van der Waals surface area contributed by atoms with Gasteiger partial charge in [-0.1, -0.05) is 6.08 Å². The van der Waals surface area contributed by atoms with Crippen LogP contribution in [0, 0.1) is 6.92 Å². The summed E-state index contributed by atoms with van der Waals surface area (Å²) >= 11 is 1.69. The Labute approximate surface area is 82.7 Å². The minimum absolute atomic E-state index is 0.332. The van der Waals surface area contributed by atoms with Gasteiger partial charge in [0.05, 0.1) is 0 Å². The van der Waals surface area contributed by atoms with Crippen molar-refractivity contribution < 1.29 is 5.11 Å².